The zero-order valence-electron chi connectivity index (χ0n) is 26.6. The lowest BCUT2D eigenvalue weighted by atomic mass is 9.47. The second kappa shape index (κ2) is 13.5. The minimum atomic E-state index is -0.584. The molecule has 8 atom stereocenters. The van der Waals surface area contributed by atoms with Crippen LogP contribution in [0.25, 0.3) is 0 Å². The molecule has 7 heteroatoms. The summed E-state index contributed by atoms with van der Waals surface area (Å²) < 4.78 is 10.3. The lowest BCUT2D eigenvalue weighted by molar-refractivity contribution is -0.143. The van der Waals surface area contributed by atoms with Gasteiger partial charge in [0.25, 0.3) is 0 Å². The van der Waals surface area contributed by atoms with Crippen molar-refractivity contribution in [3.8, 4) is 0 Å². The molecule has 4 aliphatic carbocycles. The first-order valence-electron chi connectivity index (χ1n) is 16.5. The van der Waals surface area contributed by atoms with Gasteiger partial charge < -0.3 is 20.1 Å². The first-order valence-corrected chi connectivity index (χ1v) is 16.5. The van der Waals surface area contributed by atoms with Gasteiger partial charge in [0.2, 0.25) is 5.91 Å². The molecule has 4 aliphatic rings. The molecular formula is C34H56N2O5. The van der Waals surface area contributed by atoms with Gasteiger partial charge in [-0.05, 0) is 91.3 Å². The summed E-state index contributed by atoms with van der Waals surface area (Å²) in [5, 5.41) is 5.32. The normalized spacial score (nSPS) is 34.9. The third-order valence-electron chi connectivity index (χ3n) is 11.8. The largest absolute Gasteiger partial charge is 0.469 e. The lowest BCUT2D eigenvalue weighted by Crippen LogP contribution is -2.51. The average molecular weight is 573 g/mol. The molecule has 0 aromatic rings. The Morgan fingerprint density at radius 3 is 2.46 bits per heavy atom. The van der Waals surface area contributed by atoms with E-state index in [1.807, 2.05) is 0 Å². The number of methoxy groups -OCH3 is 1. The smallest absolute Gasteiger partial charge is 0.407 e. The fraction of sp³-hybridized carbons (Fsp3) is 0.853. The Bertz CT molecular complexity index is 978. The molecule has 0 aromatic heterocycles. The Morgan fingerprint density at radius 1 is 0.976 bits per heavy atom. The van der Waals surface area contributed by atoms with Crippen LogP contribution < -0.4 is 10.6 Å². The Labute approximate surface area is 248 Å². The van der Waals surface area contributed by atoms with E-state index in [-0.39, 0.29) is 31.0 Å². The van der Waals surface area contributed by atoms with Crippen molar-refractivity contribution in [1.29, 1.82) is 0 Å². The third kappa shape index (κ3) is 7.13. The zero-order valence-corrected chi connectivity index (χ0v) is 26.6. The van der Waals surface area contributed by atoms with E-state index in [1.54, 1.807) is 0 Å². The van der Waals surface area contributed by atoms with Crippen LogP contribution in [0.5, 0.6) is 0 Å². The number of nitrogens with one attached hydrogen (secondary N) is 2. The molecule has 3 fully saturated rings. The van der Waals surface area contributed by atoms with Gasteiger partial charge in [0.1, 0.15) is 12.5 Å². The molecule has 41 heavy (non-hydrogen) atoms. The van der Waals surface area contributed by atoms with Crippen LogP contribution in [0.1, 0.15) is 112 Å². The average Bonchev–Trinajstić information content (AvgIpc) is 3.28. The lowest BCUT2D eigenvalue weighted by Gasteiger charge is -2.58. The van der Waals surface area contributed by atoms with Crippen LogP contribution in [0.15, 0.2) is 11.6 Å². The highest BCUT2D eigenvalue weighted by Gasteiger charge is 2.59. The number of esters is 1. The third-order valence-corrected chi connectivity index (χ3v) is 11.8. The molecule has 0 radical (unpaired) electrons. The highest BCUT2D eigenvalue weighted by molar-refractivity contribution is 5.94. The topological polar surface area (TPSA) is 93.7 Å². The van der Waals surface area contributed by atoms with E-state index in [0.29, 0.717) is 5.41 Å². The van der Waals surface area contributed by atoms with Gasteiger partial charge in [-0.15, -0.1) is 0 Å². The standard InChI is InChI=1S/C34H56N2O5/c1-22(2)8-7-9-23(3)27-12-13-28-26-11-10-24-20-25(14-16-33(24,4)29(26)15-17-34(27,28)5)41-32(39)36-19-18-35-30(37)21-31(38)40-6/h10,22-23,25-29H,7-9,11-21H2,1-6H3,(H,35,37)(H,36,39)/t23-,25+,26+,27-,28?,29?,33+,34-/m1/s1. The van der Waals surface area contributed by atoms with Gasteiger partial charge in [-0.1, -0.05) is 65.5 Å². The predicted molar refractivity (Wildman–Crippen MR) is 161 cm³/mol. The number of amides is 2. The molecule has 0 aromatic carbocycles. The van der Waals surface area contributed by atoms with Gasteiger partial charge >= 0.3 is 12.1 Å². The van der Waals surface area contributed by atoms with Crippen molar-refractivity contribution in [2.75, 3.05) is 20.2 Å². The van der Waals surface area contributed by atoms with Gasteiger partial charge in [-0.25, -0.2) is 4.79 Å². The van der Waals surface area contributed by atoms with Crippen LogP contribution in [0.2, 0.25) is 0 Å². The Morgan fingerprint density at radius 2 is 1.73 bits per heavy atom. The van der Waals surface area contributed by atoms with Gasteiger partial charge in [0, 0.05) is 19.5 Å². The number of hydrogen-bond acceptors (Lipinski definition) is 5. The minimum absolute atomic E-state index is 0.101. The molecule has 2 amide bonds. The van der Waals surface area contributed by atoms with Crippen molar-refractivity contribution < 1.29 is 23.9 Å². The number of ether oxygens (including phenoxy) is 2. The fourth-order valence-corrected chi connectivity index (χ4v) is 9.58. The van der Waals surface area contributed by atoms with Crippen molar-refractivity contribution in [3.05, 3.63) is 11.6 Å². The van der Waals surface area contributed by atoms with Crippen LogP contribution in [-0.4, -0.2) is 44.3 Å². The highest BCUT2D eigenvalue weighted by Crippen LogP contribution is 2.67. The van der Waals surface area contributed by atoms with Crippen molar-refractivity contribution in [2.24, 2.45) is 46.3 Å². The summed E-state index contributed by atoms with van der Waals surface area (Å²) in [7, 11) is 1.24. The molecular weight excluding hydrogens is 516 g/mol. The quantitative estimate of drug-likeness (QED) is 0.123. The van der Waals surface area contributed by atoms with Gasteiger partial charge in [-0.2, -0.15) is 0 Å². The van der Waals surface area contributed by atoms with Gasteiger partial charge in [0.05, 0.1) is 7.11 Å². The number of rotatable bonds is 11. The number of carbonyl (C=O) groups is 3. The minimum Gasteiger partial charge on any atom is -0.469 e. The summed E-state index contributed by atoms with van der Waals surface area (Å²) in [5.74, 6) is 3.91. The van der Waals surface area contributed by atoms with E-state index in [4.69, 9.17) is 4.74 Å². The Kier molecular flexibility index (Phi) is 10.5. The summed E-state index contributed by atoms with van der Waals surface area (Å²) in [6, 6.07) is 0. The van der Waals surface area contributed by atoms with E-state index >= 15 is 0 Å². The molecule has 0 saturated heterocycles. The number of hydrogen-bond donors (Lipinski definition) is 2. The van der Waals surface area contributed by atoms with Crippen LogP contribution >= 0.6 is 0 Å². The maximum atomic E-state index is 12.5. The summed E-state index contributed by atoms with van der Waals surface area (Å²) in [4.78, 5) is 35.3. The molecule has 0 heterocycles. The summed E-state index contributed by atoms with van der Waals surface area (Å²) in [6.45, 7) is 12.9. The second-order valence-electron chi connectivity index (χ2n) is 14.6. The van der Waals surface area contributed by atoms with Crippen LogP contribution in [0, 0.1) is 46.3 Å². The van der Waals surface area contributed by atoms with Crippen LogP contribution in [0.3, 0.4) is 0 Å². The number of allylic oxidation sites excluding steroid dienone is 1. The maximum absolute atomic E-state index is 12.5. The number of alkyl carbamates (subject to hydrolysis) is 1. The molecule has 0 spiro atoms. The highest BCUT2D eigenvalue weighted by atomic mass is 16.6. The Balaban J connectivity index is 1.28. The molecule has 7 nitrogen and oxygen atoms in total. The maximum Gasteiger partial charge on any atom is 0.407 e. The fourth-order valence-electron chi connectivity index (χ4n) is 9.58. The summed E-state index contributed by atoms with van der Waals surface area (Å²) in [6.07, 6.45) is 15.3. The van der Waals surface area contributed by atoms with Crippen molar-refractivity contribution in [1.82, 2.24) is 10.6 Å². The first kappa shape index (κ1) is 31.9. The van der Waals surface area contributed by atoms with Crippen LogP contribution in [0.4, 0.5) is 4.79 Å². The first-order chi connectivity index (χ1) is 19.5. The van der Waals surface area contributed by atoms with E-state index in [2.05, 4.69) is 56.1 Å². The SMILES string of the molecule is COC(=O)CC(=O)NCCNC(=O)O[C@H]1CC[C@@]2(C)C(=CC[C@@H]3C2CC[C@@]2(C)C3CC[C@@H]2[C@H](C)CCCC(C)C)C1. The van der Waals surface area contributed by atoms with E-state index < -0.39 is 18.0 Å². The molecule has 0 aliphatic heterocycles. The van der Waals surface area contributed by atoms with Gasteiger partial charge in [0.15, 0.2) is 0 Å². The number of fused-ring (bicyclic) bond motifs is 5. The van der Waals surface area contributed by atoms with Crippen molar-refractivity contribution >= 4 is 18.0 Å². The van der Waals surface area contributed by atoms with E-state index in [9.17, 15) is 14.4 Å². The summed E-state index contributed by atoms with van der Waals surface area (Å²) >= 11 is 0. The van der Waals surface area contributed by atoms with Gasteiger partial charge in [-0.3, -0.25) is 9.59 Å². The predicted octanol–water partition coefficient (Wildman–Crippen LogP) is 6.80. The molecule has 2 unspecified atom stereocenters. The molecule has 0 bridgehead atoms. The second-order valence-corrected chi connectivity index (χ2v) is 14.6. The molecule has 4 rings (SSSR count). The van der Waals surface area contributed by atoms with E-state index in [0.717, 1.165) is 54.8 Å². The Hall–Kier alpha value is -2.05. The number of carbonyl (C=O) groups excluding carboxylic acids is 3. The zero-order chi connectivity index (χ0) is 29.8. The van der Waals surface area contributed by atoms with Crippen LogP contribution in [-0.2, 0) is 19.1 Å². The van der Waals surface area contributed by atoms with E-state index in [1.165, 1.54) is 64.0 Å². The van der Waals surface area contributed by atoms with Crippen molar-refractivity contribution in [3.63, 3.8) is 0 Å². The molecule has 3 saturated carbocycles. The summed E-state index contributed by atoms with van der Waals surface area (Å²) in [5.41, 5.74) is 2.24. The van der Waals surface area contributed by atoms with Crippen molar-refractivity contribution in [2.45, 2.75) is 118 Å². The molecule has 2 N–H and O–H groups in total. The molecule has 232 valence electrons. The monoisotopic (exact) mass is 572 g/mol.